The van der Waals surface area contributed by atoms with E-state index in [4.69, 9.17) is 15.0 Å². The van der Waals surface area contributed by atoms with Crippen LogP contribution in [0.4, 0.5) is 0 Å². The highest BCUT2D eigenvalue weighted by Gasteiger charge is 2.50. The third kappa shape index (κ3) is 4.53. The molecule has 0 saturated carbocycles. The van der Waals surface area contributed by atoms with Crippen molar-refractivity contribution in [2.24, 2.45) is 0 Å². The molecule has 11 aromatic rings. The predicted octanol–water partition coefficient (Wildman–Crippen LogP) is 13.5. The van der Waals surface area contributed by atoms with Gasteiger partial charge in [-0.25, -0.2) is 15.0 Å². The maximum absolute atomic E-state index is 5.06. The maximum Gasteiger partial charge on any atom is 0.164 e. The third-order valence-electron chi connectivity index (χ3n) is 12.8. The van der Waals surface area contributed by atoms with Gasteiger partial charge in [0.2, 0.25) is 0 Å². The first-order valence-corrected chi connectivity index (χ1v) is 20.5. The van der Waals surface area contributed by atoms with Crippen molar-refractivity contribution in [1.82, 2.24) is 19.5 Å². The molecular formula is C56H34N4. The highest BCUT2D eigenvalue weighted by atomic mass is 15.0. The lowest BCUT2D eigenvalue weighted by Crippen LogP contribution is -2.33. The van der Waals surface area contributed by atoms with Gasteiger partial charge in [-0.3, -0.25) is 0 Å². The van der Waals surface area contributed by atoms with Gasteiger partial charge in [-0.1, -0.05) is 182 Å². The monoisotopic (exact) mass is 762 g/mol. The molecule has 3 heterocycles. The van der Waals surface area contributed by atoms with E-state index < -0.39 is 5.41 Å². The molecule has 1 unspecified atom stereocenters. The Bertz CT molecular complexity index is 3490. The Balaban J connectivity index is 0.983. The lowest BCUT2D eigenvalue weighted by molar-refractivity contribution is 0.748. The van der Waals surface area contributed by atoms with E-state index in [-0.39, 0.29) is 0 Å². The fraction of sp³-hybridized carbons (Fsp3) is 0.0179. The zero-order valence-corrected chi connectivity index (χ0v) is 32.4. The van der Waals surface area contributed by atoms with Crippen LogP contribution in [0.2, 0.25) is 0 Å². The fourth-order valence-electron chi connectivity index (χ4n) is 10.3. The lowest BCUT2D eigenvalue weighted by Gasteiger charge is -2.39. The molecule has 1 atom stereocenters. The summed E-state index contributed by atoms with van der Waals surface area (Å²) in [7, 11) is 0. The Hall–Kier alpha value is -7.95. The molecule has 278 valence electrons. The van der Waals surface area contributed by atoms with E-state index in [1.807, 2.05) is 60.7 Å². The summed E-state index contributed by atoms with van der Waals surface area (Å²) in [6.07, 6.45) is 0. The molecule has 0 fully saturated rings. The second-order valence-electron chi connectivity index (χ2n) is 15.9. The van der Waals surface area contributed by atoms with Crippen LogP contribution in [-0.4, -0.2) is 19.5 Å². The van der Waals surface area contributed by atoms with Crippen LogP contribution >= 0.6 is 0 Å². The Morgan fingerprint density at radius 2 is 0.917 bits per heavy atom. The molecule has 0 saturated heterocycles. The maximum atomic E-state index is 5.06. The smallest absolute Gasteiger partial charge is 0.164 e. The summed E-state index contributed by atoms with van der Waals surface area (Å²) >= 11 is 0. The average Bonchev–Trinajstić information content (AvgIpc) is 3.82. The first-order chi connectivity index (χ1) is 29.8. The summed E-state index contributed by atoms with van der Waals surface area (Å²) in [6.45, 7) is 0. The van der Waals surface area contributed by atoms with Gasteiger partial charge in [-0.05, 0) is 79.5 Å². The van der Waals surface area contributed by atoms with Gasteiger partial charge in [-0.15, -0.1) is 0 Å². The third-order valence-corrected chi connectivity index (χ3v) is 12.8. The van der Waals surface area contributed by atoms with Crippen LogP contribution in [0.3, 0.4) is 0 Å². The SMILES string of the molecule is c1ccc(-c2nc(-c3ccccc3)nc(-c3cccc4cc(-c5ccc6c(c5)-c5ccccc5C65c6ccccc6-n6c7ccccc7c7cccc5c76)ccc34)n2)cc1. The van der Waals surface area contributed by atoms with Crippen molar-refractivity contribution in [2.75, 3.05) is 0 Å². The first-order valence-electron chi connectivity index (χ1n) is 20.5. The number of aromatic nitrogens is 4. The molecule has 2 aliphatic rings. The van der Waals surface area contributed by atoms with E-state index >= 15 is 0 Å². The molecule has 13 rings (SSSR count). The lowest BCUT2D eigenvalue weighted by atomic mass is 9.65. The van der Waals surface area contributed by atoms with Crippen LogP contribution in [-0.2, 0) is 5.41 Å². The van der Waals surface area contributed by atoms with E-state index in [9.17, 15) is 0 Å². The molecule has 60 heavy (non-hydrogen) atoms. The van der Waals surface area contributed by atoms with Crippen molar-refractivity contribution in [2.45, 2.75) is 5.41 Å². The summed E-state index contributed by atoms with van der Waals surface area (Å²) in [4.78, 5) is 15.1. The zero-order valence-electron chi connectivity index (χ0n) is 32.4. The van der Waals surface area contributed by atoms with Crippen molar-refractivity contribution in [3.8, 4) is 62.1 Å². The van der Waals surface area contributed by atoms with E-state index in [1.54, 1.807) is 0 Å². The number of para-hydroxylation sites is 3. The number of hydrogen-bond donors (Lipinski definition) is 0. The molecular weight excluding hydrogens is 729 g/mol. The van der Waals surface area contributed by atoms with Crippen molar-refractivity contribution in [3.05, 3.63) is 229 Å². The second kappa shape index (κ2) is 12.5. The number of hydrogen-bond acceptors (Lipinski definition) is 3. The summed E-state index contributed by atoms with van der Waals surface area (Å²) in [5.74, 6) is 1.97. The topological polar surface area (TPSA) is 43.6 Å². The standard InChI is InChI=1S/C56H34N4/c1-3-15-35(16-4-1)53-57-54(36-17-5-2-6-18-36)59-55(58-53)44-23-13-19-39-33-37(29-31-40(39)44)38-30-32-47-45(34-38)41-20-7-9-24-46(41)56(47)48-25-10-12-28-51(48)60-50-27-11-8-21-42(50)43-22-14-26-49(56)52(43)60/h1-34H. The molecule has 1 spiro atoms. The summed E-state index contributed by atoms with van der Waals surface area (Å²) < 4.78 is 2.50. The summed E-state index contributed by atoms with van der Waals surface area (Å²) in [5, 5.41) is 4.80. The van der Waals surface area contributed by atoms with Gasteiger partial charge in [0.1, 0.15) is 0 Å². The Kier molecular flexibility index (Phi) is 6.90. The van der Waals surface area contributed by atoms with Gasteiger partial charge in [-0.2, -0.15) is 0 Å². The van der Waals surface area contributed by atoms with Crippen molar-refractivity contribution < 1.29 is 0 Å². The highest BCUT2D eigenvalue weighted by molar-refractivity contribution is 6.13. The predicted molar refractivity (Wildman–Crippen MR) is 244 cm³/mol. The van der Waals surface area contributed by atoms with E-state index in [1.165, 1.54) is 66.4 Å². The average molecular weight is 763 g/mol. The van der Waals surface area contributed by atoms with Crippen LogP contribution in [0.25, 0.3) is 94.7 Å². The van der Waals surface area contributed by atoms with Gasteiger partial charge in [0.05, 0.1) is 22.1 Å². The minimum Gasteiger partial charge on any atom is -0.309 e. The van der Waals surface area contributed by atoms with Gasteiger partial charge in [0, 0.05) is 27.5 Å². The van der Waals surface area contributed by atoms with Crippen LogP contribution in [0.15, 0.2) is 206 Å². The number of nitrogens with zero attached hydrogens (tertiary/aromatic N) is 4. The summed E-state index contributed by atoms with van der Waals surface area (Å²) in [5.41, 5.74) is 16.4. The molecule has 9 aromatic carbocycles. The van der Waals surface area contributed by atoms with Gasteiger partial charge < -0.3 is 4.57 Å². The number of rotatable bonds is 4. The van der Waals surface area contributed by atoms with Crippen LogP contribution in [0.5, 0.6) is 0 Å². The highest BCUT2D eigenvalue weighted by Crippen LogP contribution is 2.61. The molecule has 0 N–H and O–H groups in total. The molecule has 4 heteroatoms. The van der Waals surface area contributed by atoms with Crippen molar-refractivity contribution in [3.63, 3.8) is 0 Å². The fourth-order valence-corrected chi connectivity index (χ4v) is 10.3. The molecule has 2 aromatic heterocycles. The van der Waals surface area contributed by atoms with E-state index in [0.717, 1.165) is 33.0 Å². The summed E-state index contributed by atoms with van der Waals surface area (Å²) in [6, 6.07) is 74.5. The molecule has 0 bridgehead atoms. The molecule has 4 nitrogen and oxygen atoms in total. The Morgan fingerprint density at radius 1 is 0.333 bits per heavy atom. The second-order valence-corrected chi connectivity index (χ2v) is 15.9. The van der Waals surface area contributed by atoms with Crippen LogP contribution < -0.4 is 0 Å². The van der Waals surface area contributed by atoms with E-state index in [2.05, 4.69) is 150 Å². The molecule has 0 radical (unpaired) electrons. The quantitative estimate of drug-likeness (QED) is 0.179. The Morgan fingerprint density at radius 3 is 1.73 bits per heavy atom. The molecule has 0 amide bonds. The number of benzene rings is 9. The Labute approximate surface area is 346 Å². The first kappa shape index (κ1) is 33.1. The van der Waals surface area contributed by atoms with E-state index in [0.29, 0.717) is 17.5 Å². The van der Waals surface area contributed by atoms with Crippen molar-refractivity contribution >= 4 is 32.6 Å². The van der Waals surface area contributed by atoms with Crippen LogP contribution in [0, 0.1) is 0 Å². The van der Waals surface area contributed by atoms with Crippen molar-refractivity contribution in [1.29, 1.82) is 0 Å². The molecule has 1 aliphatic heterocycles. The minimum absolute atomic E-state index is 0.467. The van der Waals surface area contributed by atoms with Gasteiger partial charge >= 0.3 is 0 Å². The number of fused-ring (bicyclic) bond motifs is 13. The normalized spacial score (nSPS) is 14.7. The zero-order chi connectivity index (χ0) is 39.4. The van der Waals surface area contributed by atoms with Gasteiger partial charge in [0.15, 0.2) is 17.5 Å². The largest absolute Gasteiger partial charge is 0.309 e. The van der Waals surface area contributed by atoms with Gasteiger partial charge in [0.25, 0.3) is 0 Å². The van der Waals surface area contributed by atoms with Crippen LogP contribution in [0.1, 0.15) is 22.3 Å². The minimum atomic E-state index is -0.467. The molecule has 1 aliphatic carbocycles.